The minimum Gasteiger partial charge on any atom is -0.480 e. The van der Waals surface area contributed by atoms with Gasteiger partial charge in [0.1, 0.15) is 6.04 Å². The molecule has 104 valence electrons. The Balaban J connectivity index is 2.57. The Bertz CT molecular complexity index is 441. The monoisotopic (exact) mass is 264 g/mol. The standard InChI is InChI=1S/C14H20N2O3/c1-9(2)8-12(13(17)18)16-14(19)15-11-6-4-10(3)5-7-11/h4-7,9,12H,8H2,1-3H3,(H,17,18)(H2,15,16,19)/t12-/m1/s1. The fourth-order valence-electron chi connectivity index (χ4n) is 1.66. The number of carbonyl (C=O) groups excluding carboxylic acids is 1. The first kappa shape index (κ1) is 15.0. The first-order chi connectivity index (χ1) is 8.88. The predicted molar refractivity (Wildman–Crippen MR) is 74.2 cm³/mol. The van der Waals surface area contributed by atoms with Gasteiger partial charge in [-0.3, -0.25) is 0 Å². The van der Waals surface area contributed by atoms with Crippen LogP contribution in [0, 0.1) is 12.8 Å². The van der Waals surface area contributed by atoms with E-state index in [2.05, 4.69) is 10.6 Å². The molecule has 5 heteroatoms. The molecule has 1 atom stereocenters. The van der Waals surface area contributed by atoms with Crippen LogP contribution < -0.4 is 10.6 Å². The highest BCUT2D eigenvalue weighted by molar-refractivity contribution is 5.92. The minimum atomic E-state index is -1.02. The normalized spacial score (nSPS) is 12.0. The quantitative estimate of drug-likeness (QED) is 0.765. The molecule has 0 aromatic heterocycles. The Morgan fingerprint density at radius 3 is 2.26 bits per heavy atom. The lowest BCUT2D eigenvalue weighted by molar-refractivity contribution is -0.139. The smallest absolute Gasteiger partial charge is 0.326 e. The zero-order chi connectivity index (χ0) is 14.4. The van der Waals surface area contributed by atoms with E-state index in [1.807, 2.05) is 32.9 Å². The molecule has 1 rings (SSSR count). The molecule has 2 amide bonds. The molecule has 0 radical (unpaired) electrons. The van der Waals surface area contributed by atoms with Gasteiger partial charge >= 0.3 is 12.0 Å². The van der Waals surface area contributed by atoms with E-state index in [1.165, 1.54) is 0 Å². The largest absolute Gasteiger partial charge is 0.480 e. The van der Waals surface area contributed by atoms with Crippen molar-refractivity contribution in [2.24, 2.45) is 5.92 Å². The molecule has 0 saturated heterocycles. The SMILES string of the molecule is Cc1ccc(NC(=O)N[C@H](CC(C)C)C(=O)O)cc1. The van der Waals surface area contributed by atoms with Crippen LogP contribution in [0.4, 0.5) is 10.5 Å². The van der Waals surface area contributed by atoms with Crippen molar-refractivity contribution in [1.29, 1.82) is 0 Å². The Kier molecular flexibility index (Phi) is 5.36. The molecule has 0 unspecified atom stereocenters. The summed E-state index contributed by atoms with van der Waals surface area (Å²) in [6, 6.07) is 5.92. The van der Waals surface area contributed by atoms with E-state index >= 15 is 0 Å². The summed E-state index contributed by atoms with van der Waals surface area (Å²) < 4.78 is 0. The Labute approximate surface area is 113 Å². The molecule has 0 fully saturated rings. The molecule has 0 spiro atoms. The number of anilines is 1. The van der Waals surface area contributed by atoms with Crippen molar-refractivity contribution in [3.05, 3.63) is 29.8 Å². The van der Waals surface area contributed by atoms with Gasteiger partial charge in [0.2, 0.25) is 0 Å². The number of carboxylic acids is 1. The fourth-order valence-corrected chi connectivity index (χ4v) is 1.66. The van der Waals surface area contributed by atoms with Crippen LogP contribution in [0.3, 0.4) is 0 Å². The minimum absolute atomic E-state index is 0.195. The molecular formula is C14H20N2O3. The number of rotatable bonds is 5. The number of aliphatic carboxylic acids is 1. The van der Waals surface area contributed by atoms with E-state index < -0.39 is 18.0 Å². The maximum Gasteiger partial charge on any atom is 0.326 e. The summed E-state index contributed by atoms with van der Waals surface area (Å²) in [5.74, 6) is -0.825. The summed E-state index contributed by atoms with van der Waals surface area (Å²) in [5, 5.41) is 14.1. The molecule has 1 aromatic rings. The third-order valence-corrected chi connectivity index (χ3v) is 2.62. The summed E-state index contributed by atoms with van der Waals surface area (Å²) in [4.78, 5) is 22.7. The van der Waals surface area contributed by atoms with Crippen molar-refractivity contribution in [3.63, 3.8) is 0 Å². The maximum absolute atomic E-state index is 11.7. The molecule has 0 bridgehead atoms. The molecule has 19 heavy (non-hydrogen) atoms. The third kappa shape index (κ3) is 5.42. The second-order valence-corrected chi connectivity index (χ2v) is 4.98. The molecule has 5 nitrogen and oxygen atoms in total. The number of aryl methyl sites for hydroxylation is 1. The lowest BCUT2D eigenvalue weighted by Gasteiger charge is -2.17. The summed E-state index contributed by atoms with van der Waals surface area (Å²) in [5.41, 5.74) is 1.73. The summed E-state index contributed by atoms with van der Waals surface area (Å²) in [6.45, 7) is 5.78. The Morgan fingerprint density at radius 2 is 1.79 bits per heavy atom. The predicted octanol–water partition coefficient (Wildman–Crippen LogP) is 2.62. The number of nitrogens with one attached hydrogen (secondary N) is 2. The van der Waals surface area contributed by atoms with Gasteiger partial charge in [-0.05, 0) is 31.4 Å². The van der Waals surface area contributed by atoms with Gasteiger partial charge in [0.25, 0.3) is 0 Å². The van der Waals surface area contributed by atoms with Crippen LogP contribution in [0.25, 0.3) is 0 Å². The Hall–Kier alpha value is -2.04. The molecule has 1 aromatic carbocycles. The van der Waals surface area contributed by atoms with Crippen LogP contribution in [0.5, 0.6) is 0 Å². The first-order valence-corrected chi connectivity index (χ1v) is 6.25. The van der Waals surface area contributed by atoms with Crippen molar-refractivity contribution in [3.8, 4) is 0 Å². The average Bonchev–Trinajstić information content (AvgIpc) is 2.30. The van der Waals surface area contributed by atoms with Crippen LogP contribution in [0.2, 0.25) is 0 Å². The number of hydrogen-bond acceptors (Lipinski definition) is 2. The summed E-state index contributed by atoms with van der Waals surface area (Å²) in [6.07, 6.45) is 0.399. The summed E-state index contributed by atoms with van der Waals surface area (Å²) in [7, 11) is 0. The lowest BCUT2D eigenvalue weighted by atomic mass is 10.0. The zero-order valence-corrected chi connectivity index (χ0v) is 11.4. The zero-order valence-electron chi connectivity index (χ0n) is 11.4. The highest BCUT2D eigenvalue weighted by Gasteiger charge is 2.20. The van der Waals surface area contributed by atoms with Crippen molar-refractivity contribution in [2.45, 2.75) is 33.2 Å². The van der Waals surface area contributed by atoms with Gasteiger partial charge in [-0.2, -0.15) is 0 Å². The van der Waals surface area contributed by atoms with Crippen molar-refractivity contribution < 1.29 is 14.7 Å². The van der Waals surface area contributed by atoms with Gasteiger partial charge in [0, 0.05) is 5.69 Å². The van der Waals surface area contributed by atoms with E-state index in [1.54, 1.807) is 12.1 Å². The van der Waals surface area contributed by atoms with E-state index in [0.29, 0.717) is 12.1 Å². The van der Waals surface area contributed by atoms with Crippen molar-refractivity contribution in [2.75, 3.05) is 5.32 Å². The van der Waals surface area contributed by atoms with Crippen LogP contribution in [-0.2, 0) is 4.79 Å². The molecule has 3 N–H and O–H groups in total. The van der Waals surface area contributed by atoms with Gasteiger partial charge in [-0.1, -0.05) is 31.5 Å². The highest BCUT2D eigenvalue weighted by Crippen LogP contribution is 2.09. The topological polar surface area (TPSA) is 78.4 Å². The highest BCUT2D eigenvalue weighted by atomic mass is 16.4. The second kappa shape index (κ2) is 6.78. The molecule has 0 heterocycles. The van der Waals surface area contributed by atoms with Crippen LogP contribution >= 0.6 is 0 Å². The number of amides is 2. The fraction of sp³-hybridized carbons (Fsp3) is 0.429. The number of urea groups is 1. The average molecular weight is 264 g/mol. The summed E-state index contributed by atoms with van der Waals surface area (Å²) >= 11 is 0. The van der Waals surface area contributed by atoms with Crippen molar-refractivity contribution >= 4 is 17.7 Å². The molecular weight excluding hydrogens is 244 g/mol. The van der Waals surface area contributed by atoms with Gasteiger partial charge in [0.15, 0.2) is 0 Å². The van der Waals surface area contributed by atoms with Crippen LogP contribution in [0.1, 0.15) is 25.8 Å². The van der Waals surface area contributed by atoms with Crippen molar-refractivity contribution in [1.82, 2.24) is 5.32 Å². The number of carbonyl (C=O) groups is 2. The second-order valence-electron chi connectivity index (χ2n) is 4.98. The molecule has 0 aliphatic heterocycles. The molecule has 0 aliphatic carbocycles. The Morgan fingerprint density at radius 1 is 1.21 bits per heavy atom. The van der Waals surface area contributed by atoms with Gasteiger partial charge in [0.05, 0.1) is 0 Å². The van der Waals surface area contributed by atoms with E-state index in [4.69, 9.17) is 5.11 Å². The van der Waals surface area contributed by atoms with E-state index in [9.17, 15) is 9.59 Å². The van der Waals surface area contributed by atoms with Gasteiger partial charge in [-0.25, -0.2) is 9.59 Å². The molecule has 0 saturated carbocycles. The first-order valence-electron chi connectivity index (χ1n) is 6.25. The van der Waals surface area contributed by atoms with Crippen LogP contribution in [0.15, 0.2) is 24.3 Å². The van der Waals surface area contributed by atoms with Gasteiger partial charge in [-0.15, -0.1) is 0 Å². The van der Waals surface area contributed by atoms with E-state index in [0.717, 1.165) is 5.56 Å². The van der Waals surface area contributed by atoms with Gasteiger partial charge < -0.3 is 15.7 Å². The number of benzene rings is 1. The molecule has 0 aliphatic rings. The number of hydrogen-bond donors (Lipinski definition) is 3. The van der Waals surface area contributed by atoms with E-state index in [-0.39, 0.29) is 5.92 Å². The number of carboxylic acid groups (broad SMARTS) is 1. The lowest BCUT2D eigenvalue weighted by Crippen LogP contribution is -2.43. The third-order valence-electron chi connectivity index (χ3n) is 2.62. The van der Waals surface area contributed by atoms with Crippen LogP contribution in [-0.4, -0.2) is 23.1 Å². The maximum atomic E-state index is 11.7.